The van der Waals surface area contributed by atoms with Crippen LogP contribution in [-0.4, -0.2) is 124 Å². The maximum atomic E-state index is 14.3. The van der Waals surface area contributed by atoms with Crippen LogP contribution in [0.15, 0.2) is 90.1 Å². The lowest BCUT2D eigenvalue weighted by atomic mass is 9.84. The van der Waals surface area contributed by atoms with E-state index in [1.165, 1.54) is 30.9 Å². The zero-order valence-corrected chi connectivity index (χ0v) is 39.3. The molecule has 2 fully saturated rings. The predicted molar refractivity (Wildman–Crippen MR) is 244 cm³/mol. The Bertz CT molecular complexity index is 2620. The summed E-state index contributed by atoms with van der Waals surface area (Å²) in [7, 11) is -5.13. The number of carbonyl (C=O) groups is 5. The molecule has 1 aromatic heterocycles. The first kappa shape index (κ1) is 50.3. The molecule has 24 heteroatoms. The van der Waals surface area contributed by atoms with Crippen LogP contribution >= 0.6 is 11.3 Å². The summed E-state index contributed by atoms with van der Waals surface area (Å²) < 4.78 is 54.1. The number of aryl methyl sites for hydroxylation is 1. The monoisotopic (exact) mass is 978 g/mol. The molecule has 1 unspecified atom stereocenters. The number of amides is 4. The number of β-lactam (4-membered cyclic amide) rings is 1. The number of hydroxylamine groups is 2. The molecule has 0 radical (unpaired) electrons. The summed E-state index contributed by atoms with van der Waals surface area (Å²) in [5, 5.41) is 30.3. The van der Waals surface area contributed by atoms with E-state index in [1.807, 2.05) is 0 Å². The van der Waals surface area contributed by atoms with Gasteiger partial charge in [-0.05, 0) is 83.4 Å². The minimum absolute atomic E-state index is 0.0231. The second-order valence-corrected chi connectivity index (χ2v) is 19.2. The number of carbonyl (C=O) groups excluding carboxylic acids is 4. The molecule has 2 saturated heterocycles. The van der Waals surface area contributed by atoms with Crippen LogP contribution in [0.5, 0.6) is 5.75 Å². The molecule has 6 N–H and O–H groups in total. The maximum absolute atomic E-state index is 14.3. The van der Waals surface area contributed by atoms with Gasteiger partial charge in [0.25, 0.3) is 17.9 Å². The number of rotatable bonds is 17. The molecule has 2 aliphatic rings. The van der Waals surface area contributed by atoms with Gasteiger partial charge in [-0.15, -0.1) is 15.6 Å². The second kappa shape index (κ2) is 20.8. The second-order valence-electron chi connectivity index (χ2n) is 17.0. The molecule has 3 atom stereocenters. The molecule has 362 valence electrons. The van der Waals surface area contributed by atoms with Gasteiger partial charge in [0.2, 0.25) is 0 Å². The molecule has 3 aromatic carbocycles. The summed E-state index contributed by atoms with van der Waals surface area (Å²) in [6.45, 7) is 9.23. The number of nitrogens with zero attached hydrogens (tertiary/aromatic N) is 4. The zero-order chi connectivity index (χ0) is 49.6. The Balaban J connectivity index is 1.31. The van der Waals surface area contributed by atoms with Crippen LogP contribution in [0, 0.1) is 12.3 Å². The van der Waals surface area contributed by atoms with Crippen LogP contribution in [0.4, 0.5) is 14.7 Å². The van der Waals surface area contributed by atoms with Gasteiger partial charge in [0.1, 0.15) is 35.5 Å². The lowest BCUT2D eigenvalue weighted by molar-refractivity contribution is -0.218. The van der Waals surface area contributed by atoms with Crippen molar-refractivity contribution < 1.29 is 65.4 Å². The van der Waals surface area contributed by atoms with E-state index in [4.69, 9.17) is 24.5 Å². The van der Waals surface area contributed by atoms with Crippen molar-refractivity contribution in [3.63, 3.8) is 0 Å². The fraction of sp³-hybridized carbons (Fsp3) is 0.364. The average Bonchev–Trinajstić information content (AvgIpc) is 3.90. The van der Waals surface area contributed by atoms with E-state index in [0.717, 1.165) is 11.3 Å². The van der Waals surface area contributed by atoms with Gasteiger partial charge in [0, 0.05) is 29.6 Å². The van der Waals surface area contributed by atoms with E-state index in [2.05, 4.69) is 30.4 Å². The van der Waals surface area contributed by atoms with E-state index >= 15 is 0 Å². The van der Waals surface area contributed by atoms with Crippen molar-refractivity contribution in [1.82, 2.24) is 25.6 Å². The molecule has 0 spiro atoms. The Morgan fingerprint density at radius 1 is 0.985 bits per heavy atom. The molecular weight excluding hydrogens is 929 g/mol. The number of hydrogen-bond donors (Lipinski definition) is 6. The van der Waals surface area contributed by atoms with Crippen LogP contribution in [0.2, 0.25) is 0 Å². The van der Waals surface area contributed by atoms with Crippen LogP contribution < -0.4 is 20.7 Å². The number of aromatic nitrogens is 1. The molecule has 22 nitrogen and oxygen atoms in total. The number of thiazole rings is 1. The highest BCUT2D eigenvalue weighted by Crippen LogP contribution is 2.33. The number of carboxylic acid groups (broad SMARTS) is 1. The third kappa shape index (κ3) is 12.8. The van der Waals surface area contributed by atoms with Gasteiger partial charge in [-0.3, -0.25) is 24.9 Å². The van der Waals surface area contributed by atoms with Gasteiger partial charge in [0.15, 0.2) is 16.9 Å². The maximum Gasteiger partial charge on any atom is 0.418 e. The van der Waals surface area contributed by atoms with E-state index in [1.54, 1.807) is 100 Å². The number of benzene rings is 3. The Morgan fingerprint density at radius 2 is 1.60 bits per heavy atom. The molecule has 4 amide bonds. The summed E-state index contributed by atoms with van der Waals surface area (Å²) in [5.41, 5.74) is -1.48. The lowest BCUT2D eigenvalue weighted by Gasteiger charge is -2.50. The van der Waals surface area contributed by atoms with Crippen molar-refractivity contribution in [3.05, 3.63) is 112 Å². The smallest absolute Gasteiger partial charge is 0.418 e. The standard InChI is InChI=1S/C44H50N8O14S2/c1-25-32(47-40(67-25)49-41(56)64-43(2,3)4)33(37(53)48-35-38(54)52(44(35,5)6)66-68(59,60)61)50-65-31(39(55)63-34(26-13-9-7-10-14-26)27-15-11-8-12-16-27)24-62-30-19-17-28(18-20-30)36(45)46-29-21-22-51(23-29)42(57)58/h7-20,29,31,34-35H,21-24H2,1-6H3,(H2,45,46)(H,48,53)(H,57,58)(H,47,49,56)(H,59,60,61)/b50-33-/t29-,31?,35-/m1/s1. The van der Waals surface area contributed by atoms with Crippen LogP contribution in [0.1, 0.15) is 74.4 Å². The number of likely N-dealkylation sites (tertiary alicyclic amines) is 1. The predicted octanol–water partition coefficient (Wildman–Crippen LogP) is 4.81. The van der Waals surface area contributed by atoms with Crippen molar-refractivity contribution in [2.45, 2.75) is 83.4 Å². The SMILES string of the molecule is Cc1sc(NC(=O)OC(C)(C)C)nc1/C(=N/OC(COc1ccc(C(=N)N[C@@H]2CCN(C(=O)O)C2)cc1)C(=O)OC(c1ccccc1)c1ccccc1)C(=O)N[C@@H]1C(=O)N(OS(=O)(=O)O)C1(C)C. The number of hydrogen-bond acceptors (Lipinski definition) is 16. The summed E-state index contributed by atoms with van der Waals surface area (Å²) >= 11 is 0.934. The molecule has 2 aliphatic heterocycles. The highest BCUT2D eigenvalue weighted by Gasteiger charge is 2.58. The Kier molecular flexibility index (Phi) is 15.4. The highest BCUT2D eigenvalue weighted by molar-refractivity contribution is 7.80. The fourth-order valence-electron chi connectivity index (χ4n) is 6.94. The lowest BCUT2D eigenvalue weighted by Crippen LogP contribution is -2.76. The number of ether oxygens (including phenoxy) is 3. The van der Waals surface area contributed by atoms with Crippen molar-refractivity contribution in [2.24, 2.45) is 5.16 Å². The topological polar surface area (TPSA) is 298 Å². The van der Waals surface area contributed by atoms with Crippen molar-refractivity contribution in [1.29, 1.82) is 5.41 Å². The van der Waals surface area contributed by atoms with Gasteiger partial charge in [0.05, 0.1) is 5.54 Å². The largest absolute Gasteiger partial charge is 0.489 e. The first-order valence-electron chi connectivity index (χ1n) is 20.9. The number of oxime groups is 1. The summed E-state index contributed by atoms with van der Waals surface area (Å²) in [6, 6.07) is 22.3. The average molecular weight is 979 g/mol. The zero-order valence-electron chi connectivity index (χ0n) is 37.6. The Labute approximate surface area is 395 Å². The molecule has 6 rings (SSSR count). The van der Waals surface area contributed by atoms with Gasteiger partial charge in [-0.2, -0.15) is 13.5 Å². The molecule has 4 aromatic rings. The van der Waals surface area contributed by atoms with E-state index < -0.39 is 82.1 Å². The molecule has 0 aliphatic carbocycles. The molecular formula is C44H50N8O14S2. The third-order valence-electron chi connectivity index (χ3n) is 10.3. The quantitative estimate of drug-likeness (QED) is 0.0207. The first-order chi connectivity index (χ1) is 32.0. The number of anilines is 1. The number of esters is 1. The molecule has 3 heterocycles. The van der Waals surface area contributed by atoms with Crippen LogP contribution in [0.3, 0.4) is 0 Å². The van der Waals surface area contributed by atoms with Crippen LogP contribution in [-0.2, 0) is 43.4 Å². The van der Waals surface area contributed by atoms with Crippen molar-refractivity contribution in [3.8, 4) is 5.75 Å². The van der Waals surface area contributed by atoms with Crippen LogP contribution in [0.25, 0.3) is 0 Å². The minimum Gasteiger partial charge on any atom is -0.489 e. The molecule has 0 bridgehead atoms. The fourth-order valence-corrected chi connectivity index (χ4v) is 8.19. The Morgan fingerprint density at radius 3 is 2.15 bits per heavy atom. The molecule has 68 heavy (non-hydrogen) atoms. The van der Waals surface area contributed by atoms with Crippen molar-refractivity contribution in [2.75, 3.05) is 25.0 Å². The molecule has 0 saturated carbocycles. The van der Waals surface area contributed by atoms with E-state index in [9.17, 15) is 42.0 Å². The number of amidine groups is 1. The van der Waals surface area contributed by atoms with Gasteiger partial charge in [-0.1, -0.05) is 65.8 Å². The summed E-state index contributed by atoms with van der Waals surface area (Å²) in [4.78, 5) is 77.6. The third-order valence-corrected chi connectivity index (χ3v) is 11.5. The van der Waals surface area contributed by atoms with Gasteiger partial charge in [-0.25, -0.2) is 19.4 Å². The Hall–Kier alpha value is -7.15. The minimum atomic E-state index is -5.13. The summed E-state index contributed by atoms with van der Waals surface area (Å²) in [5.74, 6) is -2.86. The summed E-state index contributed by atoms with van der Waals surface area (Å²) in [6.07, 6.45) is -4.03. The first-order valence-corrected chi connectivity index (χ1v) is 23.1. The normalized spacial score (nSPS) is 17.4. The van der Waals surface area contributed by atoms with E-state index in [-0.39, 0.29) is 35.0 Å². The van der Waals surface area contributed by atoms with Crippen molar-refractivity contribution >= 4 is 68.4 Å². The van der Waals surface area contributed by atoms with Gasteiger partial charge < -0.3 is 39.7 Å². The number of nitrogens with one attached hydrogen (secondary N) is 4. The van der Waals surface area contributed by atoms with Gasteiger partial charge >= 0.3 is 28.6 Å². The van der Waals surface area contributed by atoms with E-state index in [0.29, 0.717) is 39.6 Å². The highest BCUT2D eigenvalue weighted by atomic mass is 32.3.